The Kier molecular flexibility index (Phi) is 6.34. The summed E-state index contributed by atoms with van der Waals surface area (Å²) in [4.78, 5) is 36.0. The molecule has 3 rings (SSSR count). The van der Waals surface area contributed by atoms with Gasteiger partial charge in [-0.15, -0.1) is 0 Å². The molecule has 1 N–H and O–H groups in total. The number of hydrogen-bond donors (Lipinski definition) is 1. The number of Topliss-reactive ketones (excluding diaryl/α,β-unsaturated/α-hetero) is 2. The Morgan fingerprint density at radius 2 is 1.74 bits per heavy atom. The quantitative estimate of drug-likeness (QED) is 0.562. The summed E-state index contributed by atoms with van der Waals surface area (Å²) in [6.45, 7) is 5.99. The van der Waals surface area contributed by atoms with Crippen molar-refractivity contribution in [1.29, 1.82) is 0 Å². The fraction of sp³-hybridized carbons (Fsp3) is 0.208. The Bertz CT molecular complexity index is 1180. The predicted molar refractivity (Wildman–Crippen MR) is 116 cm³/mol. The summed E-state index contributed by atoms with van der Waals surface area (Å²) in [5.74, 6) is -0.948. The first-order valence-electron chi connectivity index (χ1n) is 9.71. The SMILES string of the molecule is CC(=O)Nc1ccc(C(C)=O)cc1OCC(=O)c1cc(C)n(-c2ccccc2F)c1C. The molecule has 31 heavy (non-hydrogen) atoms. The van der Waals surface area contributed by atoms with E-state index in [0.717, 1.165) is 0 Å². The van der Waals surface area contributed by atoms with Crippen molar-refractivity contribution in [2.45, 2.75) is 27.7 Å². The summed E-state index contributed by atoms with van der Waals surface area (Å²) >= 11 is 0. The highest BCUT2D eigenvalue weighted by atomic mass is 19.1. The molecule has 0 fully saturated rings. The lowest BCUT2D eigenvalue weighted by molar-refractivity contribution is -0.114. The molecule has 0 radical (unpaired) electrons. The van der Waals surface area contributed by atoms with Gasteiger partial charge in [0, 0.05) is 29.4 Å². The second kappa shape index (κ2) is 8.95. The Balaban J connectivity index is 1.87. The fourth-order valence-electron chi connectivity index (χ4n) is 3.42. The van der Waals surface area contributed by atoms with E-state index in [9.17, 15) is 18.8 Å². The van der Waals surface area contributed by atoms with Gasteiger partial charge >= 0.3 is 0 Å². The van der Waals surface area contributed by atoms with Crippen molar-refractivity contribution < 1.29 is 23.5 Å². The molecule has 0 spiro atoms. The summed E-state index contributed by atoms with van der Waals surface area (Å²) < 4.78 is 21.6. The molecule has 0 aliphatic heterocycles. The molecule has 0 unspecified atom stereocenters. The van der Waals surface area contributed by atoms with E-state index < -0.39 is 0 Å². The largest absolute Gasteiger partial charge is 0.483 e. The third kappa shape index (κ3) is 4.71. The Morgan fingerprint density at radius 1 is 1.03 bits per heavy atom. The summed E-state index contributed by atoms with van der Waals surface area (Å²) in [6, 6.07) is 12.7. The molecule has 0 saturated carbocycles. The van der Waals surface area contributed by atoms with E-state index in [1.165, 1.54) is 26.0 Å². The van der Waals surface area contributed by atoms with Crippen LogP contribution in [0.4, 0.5) is 10.1 Å². The average Bonchev–Trinajstić information content (AvgIpc) is 3.01. The minimum absolute atomic E-state index is 0.168. The summed E-state index contributed by atoms with van der Waals surface area (Å²) in [6.07, 6.45) is 0. The van der Waals surface area contributed by atoms with Gasteiger partial charge in [-0.25, -0.2) is 4.39 Å². The van der Waals surface area contributed by atoms with E-state index in [2.05, 4.69) is 5.32 Å². The monoisotopic (exact) mass is 422 g/mol. The minimum Gasteiger partial charge on any atom is -0.483 e. The fourth-order valence-corrected chi connectivity index (χ4v) is 3.42. The number of benzene rings is 2. The molecule has 1 heterocycles. The van der Waals surface area contributed by atoms with Gasteiger partial charge in [0.05, 0.1) is 11.4 Å². The molecule has 1 amide bonds. The van der Waals surface area contributed by atoms with Gasteiger partial charge in [-0.2, -0.15) is 0 Å². The van der Waals surface area contributed by atoms with E-state index in [-0.39, 0.29) is 35.6 Å². The molecular formula is C24H23FN2O4. The number of aryl methyl sites for hydroxylation is 1. The number of para-hydroxylation sites is 1. The van der Waals surface area contributed by atoms with Crippen LogP contribution in [0.1, 0.15) is 46.0 Å². The van der Waals surface area contributed by atoms with Crippen LogP contribution in [0.3, 0.4) is 0 Å². The highest BCUT2D eigenvalue weighted by molar-refractivity contribution is 5.99. The average molecular weight is 422 g/mol. The van der Waals surface area contributed by atoms with Gasteiger partial charge in [-0.05, 0) is 57.2 Å². The van der Waals surface area contributed by atoms with E-state index >= 15 is 0 Å². The first kappa shape index (κ1) is 22.0. The number of aromatic nitrogens is 1. The lowest BCUT2D eigenvalue weighted by atomic mass is 10.1. The van der Waals surface area contributed by atoms with Gasteiger partial charge in [0.25, 0.3) is 0 Å². The number of carbonyl (C=O) groups is 3. The maximum absolute atomic E-state index is 14.3. The van der Waals surface area contributed by atoms with Gasteiger partial charge in [0.1, 0.15) is 11.6 Å². The standard InChI is InChI=1S/C24H23FN2O4/c1-14-11-19(15(2)27(14)22-8-6-5-7-20(22)25)23(30)13-31-24-12-18(16(3)28)9-10-21(24)26-17(4)29/h5-12H,13H2,1-4H3,(H,26,29). The Labute approximate surface area is 179 Å². The van der Waals surface area contributed by atoms with Gasteiger partial charge in [0.15, 0.2) is 12.4 Å². The molecule has 6 nitrogen and oxygen atoms in total. The zero-order valence-corrected chi connectivity index (χ0v) is 17.8. The molecule has 7 heteroatoms. The number of halogens is 1. The van der Waals surface area contributed by atoms with Crippen molar-refractivity contribution in [1.82, 2.24) is 4.57 Å². The van der Waals surface area contributed by atoms with Crippen molar-refractivity contribution in [2.75, 3.05) is 11.9 Å². The molecule has 3 aromatic rings. The molecule has 0 saturated heterocycles. The van der Waals surface area contributed by atoms with Crippen molar-refractivity contribution in [3.63, 3.8) is 0 Å². The van der Waals surface area contributed by atoms with Crippen LogP contribution in [-0.2, 0) is 4.79 Å². The van der Waals surface area contributed by atoms with Crippen LogP contribution in [0.2, 0.25) is 0 Å². The maximum atomic E-state index is 14.3. The normalized spacial score (nSPS) is 10.6. The molecule has 1 aromatic heterocycles. The zero-order valence-electron chi connectivity index (χ0n) is 17.8. The van der Waals surface area contributed by atoms with Crippen LogP contribution in [0.5, 0.6) is 5.75 Å². The molecule has 160 valence electrons. The molecule has 2 aromatic carbocycles. The lowest BCUT2D eigenvalue weighted by Gasteiger charge is -2.13. The minimum atomic E-state index is -0.388. The summed E-state index contributed by atoms with van der Waals surface area (Å²) in [7, 11) is 0. The van der Waals surface area contributed by atoms with E-state index in [0.29, 0.717) is 33.9 Å². The third-order valence-corrected chi connectivity index (χ3v) is 4.88. The smallest absolute Gasteiger partial charge is 0.221 e. The van der Waals surface area contributed by atoms with Gasteiger partial charge in [-0.3, -0.25) is 14.4 Å². The van der Waals surface area contributed by atoms with Crippen LogP contribution in [0.15, 0.2) is 48.5 Å². The number of anilines is 1. The van der Waals surface area contributed by atoms with Crippen LogP contribution in [0.25, 0.3) is 5.69 Å². The second-order valence-corrected chi connectivity index (χ2v) is 7.23. The van der Waals surface area contributed by atoms with E-state index in [4.69, 9.17) is 4.74 Å². The van der Waals surface area contributed by atoms with Crippen molar-refractivity contribution in [3.8, 4) is 11.4 Å². The van der Waals surface area contributed by atoms with Crippen LogP contribution in [0, 0.1) is 19.7 Å². The van der Waals surface area contributed by atoms with Gasteiger partial charge in [-0.1, -0.05) is 12.1 Å². The van der Waals surface area contributed by atoms with Crippen LogP contribution in [-0.4, -0.2) is 28.6 Å². The number of carbonyl (C=O) groups excluding carboxylic acids is 3. The van der Waals surface area contributed by atoms with Gasteiger partial charge < -0.3 is 14.6 Å². The second-order valence-electron chi connectivity index (χ2n) is 7.23. The maximum Gasteiger partial charge on any atom is 0.221 e. The summed E-state index contributed by atoms with van der Waals surface area (Å²) in [5.41, 5.74) is 2.83. The Hall–Kier alpha value is -3.74. The molecule has 0 bridgehead atoms. The number of nitrogens with one attached hydrogen (secondary N) is 1. The highest BCUT2D eigenvalue weighted by Crippen LogP contribution is 2.27. The van der Waals surface area contributed by atoms with Crippen molar-refractivity contribution in [2.24, 2.45) is 0 Å². The zero-order chi connectivity index (χ0) is 22.7. The number of hydrogen-bond acceptors (Lipinski definition) is 4. The van der Waals surface area contributed by atoms with Crippen LogP contribution < -0.4 is 10.1 Å². The first-order valence-corrected chi connectivity index (χ1v) is 9.71. The van der Waals surface area contributed by atoms with Crippen molar-refractivity contribution in [3.05, 3.63) is 76.9 Å². The number of nitrogens with zero attached hydrogens (tertiary/aromatic N) is 1. The summed E-state index contributed by atoms with van der Waals surface area (Å²) in [5, 5.41) is 2.62. The topological polar surface area (TPSA) is 77.4 Å². The predicted octanol–water partition coefficient (Wildman–Crippen LogP) is 4.66. The number of ketones is 2. The number of ether oxygens (including phenoxy) is 1. The van der Waals surface area contributed by atoms with Crippen LogP contribution >= 0.6 is 0 Å². The van der Waals surface area contributed by atoms with E-state index in [1.807, 2.05) is 0 Å². The van der Waals surface area contributed by atoms with E-state index in [1.54, 1.807) is 54.8 Å². The molecule has 0 aliphatic rings. The molecular weight excluding hydrogens is 399 g/mol. The third-order valence-electron chi connectivity index (χ3n) is 4.88. The lowest BCUT2D eigenvalue weighted by Crippen LogP contribution is -2.15. The number of amides is 1. The molecule has 0 aliphatic carbocycles. The highest BCUT2D eigenvalue weighted by Gasteiger charge is 2.19. The van der Waals surface area contributed by atoms with Crippen molar-refractivity contribution >= 4 is 23.2 Å². The molecule has 0 atom stereocenters. The number of rotatable bonds is 7. The first-order chi connectivity index (χ1) is 14.7. The van der Waals surface area contributed by atoms with Gasteiger partial charge in [0.2, 0.25) is 11.7 Å². The Morgan fingerprint density at radius 3 is 2.39 bits per heavy atom.